The molecule has 0 atom stereocenters. The summed E-state index contributed by atoms with van der Waals surface area (Å²) in [6.07, 6.45) is 3.60. The molecule has 0 spiro atoms. The number of carboxylic acids is 2. The Morgan fingerprint density at radius 1 is 1.04 bits per heavy atom. The molecule has 0 saturated carbocycles. The maximum atomic E-state index is 10.4. The van der Waals surface area contributed by atoms with E-state index in [-0.39, 0.29) is 21.1 Å². The summed E-state index contributed by atoms with van der Waals surface area (Å²) in [5.41, 5.74) is 0.405. The van der Waals surface area contributed by atoms with Crippen molar-refractivity contribution in [1.82, 2.24) is 9.97 Å². The number of nitrogens with zero attached hydrogens (tertiary/aromatic N) is 2. The molecule has 0 amide bonds. The predicted octanol–water partition coefficient (Wildman–Crippen LogP) is 2.03. The quantitative estimate of drug-likeness (QED) is 0.717. The molecule has 0 aliphatic carbocycles. The van der Waals surface area contributed by atoms with Gasteiger partial charge in [-0.3, -0.25) is 0 Å². The van der Waals surface area contributed by atoms with Gasteiger partial charge in [0.05, 0.1) is 0 Å². The second-order valence-electron chi connectivity index (χ2n) is 4.61. The number of carboxylic acid groups (broad SMARTS) is 2. The molecule has 0 aliphatic rings. The number of benzene rings is 1. The summed E-state index contributed by atoms with van der Waals surface area (Å²) in [7, 11) is 0. The Morgan fingerprint density at radius 2 is 1.57 bits per heavy atom. The Bertz CT molecular complexity index is 644. The second-order valence-corrected chi connectivity index (χ2v) is 8.58. The fourth-order valence-corrected chi connectivity index (χ4v) is 4.81. The molecule has 2 radical (unpaired) electrons. The minimum absolute atomic E-state index is 0.205. The molecule has 2 rings (SSSR count). The van der Waals surface area contributed by atoms with Gasteiger partial charge in [-0.15, -0.1) is 0 Å². The zero-order chi connectivity index (χ0) is 17.2. The van der Waals surface area contributed by atoms with Gasteiger partial charge in [0.25, 0.3) is 0 Å². The SMILES string of the molecule is CC[CH2][Sn][c]1ccccc1C.O=C(O)c1nccnc1C(=O)O. The molecule has 7 heteroatoms. The minimum atomic E-state index is -1.40. The van der Waals surface area contributed by atoms with E-state index in [9.17, 15) is 9.59 Å². The van der Waals surface area contributed by atoms with Crippen molar-refractivity contribution in [3.63, 3.8) is 0 Å². The van der Waals surface area contributed by atoms with Gasteiger partial charge < -0.3 is 10.2 Å². The molecule has 0 aliphatic heterocycles. The van der Waals surface area contributed by atoms with Crippen LogP contribution in [0.25, 0.3) is 0 Å². The van der Waals surface area contributed by atoms with E-state index < -0.39 is 23.3 Å². The van der Waals surface area contributed by atoms with Gasteiger partial charge in [-0.25, -0.2) is 19.6 Å². The third kappa shape index (κ3) is 6.35. The first-order chi connectivity index (χ1) is 11.0. The minimum Gasteiger partial charge on any atom is -0.476 e. The van der Waals surface area contributed by atoms with Crippen LogP contribution in [0.2, 0.25) is 4.44 Å². The maximum absolute atomic E-state index is 10.4. The maximum Gasteiger partial charge on any atom is 0.357 e. The molecule has 1 aromatic carbocycles. The van der Waals surface area contributed by atoms with Crippen LogP contribution in [0.3, 0.4) is 0 Å². The third-order valence-corrected chi connectivity index (χ3v) is 7.64. The monoisotopic (exact) mass is 422 g/mol. The molecule has 0 bridgehead atoms. The number of hydrogen-bond donors (Lipinski definition) is 2. The van der Waals surface area contributed by atoms with Gasteiger partial charge in [0.15, 0.2) is 11.4 Å². The average Bonchev–Trinajstić information content (AvgIpc) is 2.54. The molecule has 6 nitrogen and oxygen atoms in total. The van der Waals surface area contributed by atoms with Gasteiger partial charge in [0.2, 0.25) is 0 Å². The van der Waals surface area contributed by atoms with Crippen LogP contribution >= 0.6 is 0 Å². The van der Waals surface area contributed by atoms with Crippen molar-refractivity contribution in [1.29, 1.82) is 0 Å². The van der Waals surface area contributed by atoms with Gasteiger partial charge in [0, 0.05) is 12.4 Å². The summed E-state index contributed by atoms with van der Waals surface area (Å²) in [6.45, 7) is 4.50. The number of rotatable bonds is 5. The van der Waals surface area contributed by atoms with Crippen LogP contribution in [0, 0.1) is 6.92 Å². The first-order valence-electron chi connectivity index (χ1n) is 7.04. The summed E-state index contributed by atoms with van der Waals surface area (Å²) < 4.78 is 3.16. The Kier molecular flexibility index (Phi) is 8.24. The van der Waals surface area contributed by atoms with E-state index in [1.165, 1.54) is 16.4 Å². The van der Waals surface area contributed by atoms with E-state index in [0.717, 1.165) is 12.4 Å². The van der Waals surface area contributed by atoms with Crippen molar-refractivity contribution >= 4 is 36.7 Å². The molecule has 0 unspecified atom stereocenters. The van der Waals surface area contributed by atoms with Crippen LogP contribution < -0.4 is 3.58 Å². The van der Waals surface area contributed by atoms with E-state index in [1.807, 2.05) is 0 Å². The van der Waals surface area contributed by atoms with Crippen molar-refractivity contribution in [2.45, 2.75) is 24.7 Å². The number of aromatic carboxylic acids is 2. The van der Waals surface area contributed by atoms with Crippen molar-refractivity contribution in [2.75, 3.05) is 0 Å². The summed E-state index contributed by atoms with van der Waals surface area (Å²) in [5, 5.41) is 16.9. The zero-order valence-corrected chi connectivity index (χ0v) is 15.8. The first kappa shape index (κ1) is 19.1. The van der Waals surface area contributed by atoms with E-state index >= 15 is 0 Å². The molecule has 0 fully saturated rings. The van der Waals surface area contributed by atoms with E-state index in [2.05, 4.69) is 48.1 Å². The first-order valence-corrected chi connectivity index (χ1v) is 10.5. The molecule has 120 valence electrons. The fourth-order valence-electron chi connectivity index (χ4n) is 1.68. The topological polar surface area (TPSA) is 100 Å². The summed E-state index contributed by atoms with van der Waals surface area (Å²) in [6, 6.07) is 8.83. The normalized spacial score (nSPS) is 9.65. The summed E-state index contributed by atoms with van der Waals surface area (Å²) in [4.78, 5) is 27.4. The Morgan fingerprint density at radius 3 is 2.00 bits per heavy atom. The van der Waals surface area contributed by atoms with E-state index in [4.69, 9.17) is 10.2 Å². The van der Waals surface area contributed by atoms with Crippen LogP contribution in [0.5, 0.6) is 0 Å². The van der Waals surface area contributed by atoms with E-state index in [0.29, 0.717) is 0 Å². The Hall–Kier alpha value is -1.96. The molecule has 1 heterocycles. The molecular formula is C16H18N2O4Sn. The van der Waals surface area contributed by atoms with Crippen LogP contribution in [0.4, 0.5) is 0 Å². The summed E-state index contributed by atoms with van der Waals surface area (Å²) in [5.74, 6) is -2.80. The molecule has 1 aromatic heterocycles. The standard InChI is InChI=1S/C7H7.C6H4N2O4.C3H7.Sn/c1-7-5-3-2-4-6-7;9-5(10)3-4(6(11)12)8-2-1-7-3;1-3-2;/h2-5H,1H3;1-2H,(H,9,10)(H,11,12);1,3H2,2H3;. The molecule has 2 aromatic rings. The van der Waals surface area contributed by atoms with Crippen molar-refractivity contribution in [3.8, 4) is 0 Å². The zero-order valence-electron chi connectivity index (χ0n) is 13.0. The number of aryl methyl sites for hydroxylation is 1. The second kappa shape index (κ2) is 9.94. The van der Waals surface area contributed by atoms with Gasteiger partial charge in [-0.2, -0.15) is 0 Å². The van der Waals surface area contributed by atoms with Crippen molar-refractivity contribution in [3.05, 3.63) is 53.6 Å². The number of hydrogen-bond acceptors (Lipinski definition) is 4. The van der Waals surface area contributed by atoms with Gasteiger partial charge in [-0.05, 0) is 0 Å². The largest absolute Gasteiger partial charge is 0.476 e. The average molecular weight is 421 g/mol. The molecule has 23 heavy (non-hydrogen) atoms. The van der Waals surface area contributed by atoms with Crippen LogP contribution in [-0.4, -0.2) is 53.3 Å². The molecular weight excluding hydrogens is 403 g/mol. The van der Waals surface area contributed by atoms with Crippen LogP contribution in [0.15, 0.2) is 36.7 Å². The smallest absolute Gasteiger partial charge is 0.357 e. The fraction of sp³-hybridized carbons (Fsp3) is 0.250. The summed E-state index contributed by atoms with van der Waals surface area (Å²) >= 11 is -0.205. The van der Waals surface area contributed by atoms with Crippen LogP contribution in [-0.2, 0) is 0 Å². The van der Waals surface area contributed by atoms with Crippen molar-refractivity contribution < 1.29 is 19.8 Å². The van der Waals surface area contributed by atoms with Gasteiger partial charge in [-0.1, -0.05) is 0 Å². The predicted molar refractivity (Wildman–Crippen MR) is 87.6 cm³/mol. The number of carbonyl (C=O) groups is 2. The number of aromatic nitrogens is 2. The third-order valence-electron chi connectivity index (χ3n) is 2.81. The molecule has 0 saturated heterocycles. The van der Waals surface area contributed by atoms with E-state index in [1.54, 1.807) is 3.58 Å². The van der Waals surface area contributed by atoms with Crippen molar-refractivity contribution in [2.24, 2.45) is 0 Å². The van der Waals surface area contributed by atoms with Crippen LogP contribution in [0.1, 0.15) is 39.9 Å². The van der Waals surface area contributed by atoms with Gasteiger partial charge in [0.1, 0.15) is 0 Å². The Labute approximate surface area is 144 Å². The molecule has 2 N–H and O–H groups in total. The Balaban J connectivity index is 0.000000231. The van der Waals surface area contributed by atoms with Gasteiger partial charge >= 0.3 is 91.2 Å².